The van der Waals surface area contributed by atoms with Crippen molar-refractivity contribution >= 4 is 0 Å². The number of pyridine rings is 1. The van der Waals surface area contributed by atoms with Gasteiger partial charge >= 0.3 is 0 Å². The molecular weight excluding hydrogens is 237 g/mol. The van der Waals surface area contributed by atoms with Crippen LogP contribution in [0.5, 0.6) is 23.0 Å². The molecule has 18 heavy (non-hydrogen) atoms. The first-order valence-corrected chi connectivity index (χ1v) is 5.24. The average molecular weight is 249 g/mol. The lowest BCUT2D eigenvalue weighted by atomic mass is 10.3. The Morgan fingerprint density at radius 2 is 1.50 bits per heavy atom. The van der Waals surface area contributed by atoms with Gasteiger partial charge in [-0.15, -0.1) is 0 Å². The van der Waals surface area contributed by atoms with Gasteiger partial charge in [-0.05, 0) is 6.07 Å². The molecule has 0 spiro atoms. The first-order valence-electron chi connectivity index (χ1n) is 5.24. The normalized spacial score (nSPS) is 9.94. The molecule has 0 atom stereocenters. The number of halogens is 1. The van der Waals surface area contributed by atoms with Crippen molar-refractivity contribution in [2.45, 2.75) is 0 Å². The van der Waals surface area contributed by atoms with Crippen LogP contribution in [-0.2, 0) is 0 Å². The summed E-state index contributed by atoms with van der Waals surface area (Å²) in [6, 6.07) is 7.85. The molecule has 4 nitrogen and oxygen atoms in total. The zero-order valence-corrected chi connectivity index (χ0v) is 10.0. The molecule has 5 heteroatoms. The third-order valence-electron chi connectivity index (χ3n) is 2.26. The molecule has 0 aliphatic heterocycles. The summed E-state index contributed by atoms with van der Waals surface area (Å²) in [5, 5.41) is 0. The maximum atomic E-state index is 12.9. The minimum Gasteiger partial charge on any atom is -0.496 e. The van der Waals surface area contributed by atoms with E-state index in [0.29, 0.717) is 23.0 Å². The van der Waals surface area contributed by atoms with Crippen LogP contribution in [0.4, 0.5) is 4.39 Å². The van der Waals surface area contributed by atoms with Gasteiger partial charge in [0.25, 0.3) is 0 Å². The number of nitrogens with zero attached hydrogens (tertiary/aromatic N) is 1. The fourth-order valence-corrected chi connectivity index (χ4v) is 1.42. The number of rotatable bonds is 4. The molecule has 0 N–H and O–H groups in total. The molecule has 0 bridgehead atoms. The molecule has 0 unspecified atom stereocenters. The van der Waals surface area contributed by atoms with Crippen molar-refractivity contribution in [1.29, 1.82) is 0 Å². The average Bonchev–Trinajstić information content (AvgIpc) is 2.38. The monoisotopic (exact) mass is 249 g/mol. The van der Waals surface area contributed by atoms with Crippen LogP contribution in [0.2, 0.25) is 0 Å². The lowest BCUT2D eigenvalue weighted by Gasteiger charge is -2.09. The number of ether oxygens (including phenoxy) is 3. The van der Waals surface area contributed by atoms with Crippen molar-refractivity contribution < 1.29 is 18.6 Å². The standard InChI is InChI=1S/C13H12FNO3/c1-16-10-5-11(17-2)7-12(6-10)18-9-3-4-15-13(14)8-9/h3-8H,1-2H3. The smallest absolute Gasteiger partial charge is 0.216 e. The second kappa shape index (κ2) is 5.35. The van der Waals surface area contributed by atoms with Crippen molar-refractivity contribution in [3.63, 3.8) is 0 Å². The van der Waals surface area contributed by atoms with E-state index in [1.165, 1.54) is 12.3 Å². The zero-order valence-electron chi connectivity index (χ0n) is 10.0. The van der Waals surface area contributed by atoms with Crippen LogP contribution in [0, 0.1) is 5.95 Å². The van der Waals surface area contributed by atoms with E-state index in [9.17, 15) is 4.39 Å². The Kier molecular flexibility index (Phi) is 3.62. The number of aromatic nitrogens is 1. The van der Waals surface area contributed by atoms with Gasteiger partial charge in [-0.25, -0.2) is 4.98 Å². The van der Waals surface area contributed by atoms with Gasteiger partial charge in [-0.3, -0.25) is 0 Å². The lowest BCUT2D eigenvalue weighted by molar-refractivity contribution is 0.386. The first kappa shape index (κ1) is 12.2. The largest absolute Gasteiger partial charge is 0.496 e. The van der Waals surface area contributed by atoms with Crippen LogP contribution in [0.1, 0.15) is 0 Å². The second-order valence-electron chi connectivity index (χ2n) is 3.46. The summed E-state index contributed by atoms with van der Waals surface area (Å²) in [6.07, 6.45) is 1.34. The Labute approximate surface area is 104 Å². The van der Waals surface area contributed by atoms with Gasteiger partial charge in [0, 0.05) is 30.5 Å². The molecule has 1 aromatic heterocycles. The van der Waals surface area contributed by atoms with Gasteiger partial charge < -0.3 is 14.2 Å². The van der Waals surface area contributed by atoms with Crippen molar-refractivity contribution in [2.24, 2.45) is 0 Å². The predicted octanol–water partition coefficient (Wildman–Crippen LogP) is 3.03. The number of benzene rings is 1. The van der Waals surface area contributed by atoms with Gasteiger partial charge in [0.15, 0.2) is 0 Å². The SMILES string of the molecule is COc1cc(OC)cc(Oc2ccnc(F)c2)c1. The Morgan fingerprint density at radius 1 is 0.889 bits per heavy atom. The minimum absolute atomic E-state index is 0.359. The van der Waals surface area contributed by atoms with Crippen molar-refractivity contribution in [1.82, 2.24) is 4.98 Å². The Hall–Kier alpha value is -2.30. The van der Waals surface area contributed by atoms with Gasteiger partial charge in [-0.2, -0.15) is 4.39 Å². The Morgan fingerprint density at radius 3 is 2.06 bits per heavy atom. The summed E-state index contributed by atoms with van der Waals surface area (Å²) >= 11 is 0. The predicted molar refractivity (Wildman–Crippen MR) is 63.8 cm³/mol. The molecule has 0 amide bonds. The maximum Gasteiger partial charge on any atom is 0.216 e. The Balaban J connectivity index is 2.28. The highest BCUT2D eigenvalue weighted by Crippen LogP contribution is 2.30. The summed E-state index contributed by atoms with van der Waals surface area (Å²) in [4.78, 5) is 3.45. The summed E-state index contributed by atoms with van der Waals surface area (Å²) in [6.45, 7) is 0. The van der Waals surface area contributed by atoms with Crippen molar-refractivity contribution in [3.8, 4) is 23.0 Å². The molecule has 94 valence electrons. The number of hydrogen-bond acceptors (Lipinski definition) is 4. The van der Waals surface area contributed by atoms with E-state index in [1.807, 2.05) is 0 Å². The third-order valence-corrected chi connectivity index (χ3v) is 2.26. The van der Waals surface area contributed by atoms with E-state index in [4.69, 9.17) is 14.2 Å². The highest BCUT2D eigenvalue weighted by Gasteiger charge is 2.05. The van der Waals surface area contributed by atoms with E-state index < -0.39 is 5.95 Å². The molecular formula is C13H12FNO3. The van der Waals surface area contributed by atoms with Gasteiger partial charge in [-0.1, -0.05) is 0 Å². The van der Waals surface area contributed by atoms with E-state index in [2.05, 4.69) is 4.98 Å². The van der Waals surface area contributed by atoms with Crippen LogP contribution >= 0.6 is 0 Å². The number of methoxy groups -OCH3 is 2. The van der Waals surface area contributed by atoms with Gasteiger partial charge in [0.1, 0.15) is 23.0 Å². The van der Waals surface area contributed by atoms with E-state index in [0.717, 1.165) is 0 Å². The lowest BCUT2D eigenvalue weighted by Crippen LogP contribution is -1.91. The zero-order chi connectivity index (χ0) is 13.0. The summed E-state index contributed by atoms with van der Waals surface area (Å²) < 4.78 is 28.6. The molecule has 0 saturated heterocycles. The van der Waals surface area contributed by atoms with Gasteiger partial charge in [0.05, 0.1) is 14.2 Å². The van der Waals surface area contributed by atoms with E-state index >= 15 is 0 Å². The minimum atomic E-state index is -0.595. The van der Waals surface area contributed by atoms with Crippen molar-refractivity contribution in [2.75, 3.05) is 14.2 Å². The van der Waals surface area contributed by atoms with Gasteiger partial charge in [0.2, 0.25) is 5.95 Å². The summed E-state index contributed by atoms with van der Waals surface area (Å²) in [7, 11) is 3.09. The van der Waals surface area contributed by atoms with Crippen LogP contribution in [0.25, 0.3) is 0 Å². The van der Waals surface area contributed by atoms with Crippen molar-refractivity contribution in [3.05, 3.63) is 42.5 Å². The van der Waals surface area contributed by atoms with Crippen LogP contribution < -0.4 is 14.2 Å². The van der Waals surface area contributed by atoms with Crippen LogP contribution in [0.3, 0.4) is 0 Å². The molecule has 0 radical (unpaired) electrons. The second-order valence-corrected chi connectivity index (χ2v) is 3.46. The molecule has 0 aliphatic rings. The molecule has 2 aromatic rings. The molecule has 0 saturated carbocycles. The first-order chi connectivity index (χ1) is 8.71. The highest BCUT2D eigenvalue weighted by molar-refractivity contribution is 5.43. The summed E-state index contributed by atoms with van der Waals surface area (Å²) in [5.74, 6) is 1.45. The quantitative estimate of drug-likeness (QED) is 0.781. The highest BCUT2D eigenvalue weighted by atomic mass is 19.1. The number of hydrogen-bond donors (Lipinski definition) is 0. The van der Waals surface area contributed by atoms with Crippen LogP contribution in [-0.4, -0.2) is 19.2 Å². The summed E-state index contributed by atoms with van der Waals surface area (Å²) in [5.41, 5.74) is 0. The maximum absolute atomic E-state index is 12.9. The Bertz CT molecular complexity index is 523. The molecule has 0 fully saturated rings. The molecule has 0 aliphatic carbocycles. The topological polar surface area (TPSA) is 40.6 Å². The molecule has 1 aromatic carbocycles. The third kappa shape index (κ3) is 2.88. The fourth-order valence-electron chi connectivity index (χ4n) is 1.42. The molecule has 2 rings (SSSR count). The fraction of sp³-hybridized carbons (Fsp3) is 0.154. The van der Waals surface area contributed by atoms with E-state index in [-0.39, 0.29) is 0 Å². The van der Waals surface area contributed by atoms with E-state index in [1.54, 1.807) is 38.5 Å². The molecule has 1 heterocycles. The van der Waals surface area contributed by atoms with Crippen LogP contribution in [0.15, 0.2) is 36.5 Å².